The second kappa shape index (κ2) is 7.29. The molecule has 2 aromatic rings. The molecule has 1 fully saturated rings. The van der Waals surface area contributed by atoms with Crippen LogP contribution in [0.2, 0.25) is 0 Å². The summed E-state index contributed by atoms with van der Waals surface area (Å²) >= 11 is 0. The number of aromatic nitrogens is 2. The standard InChI is InChI=1S/C19H22N4O3/c1-25-13-17(24)22-10-7-15(12-22)26-19-18(20-8-9-21-19)23-11-6-14-4-2-3-5-16(14)23/h2-5,8-9,15H,6-7,10-13H2,1H3. The molecule has 1 atom stereocenters. The molecule has 4 rings (SSSR count). The van der Waals surface area contributed by atoms with E-state index in [1.807, 2.05) is 6.07 Å². The number of hydrogen-bond donors (Lipinski definition) is 0. The first-order valence-corrected chi connectivity index (χ1v) is 8.86. The molecule has 7 nitrogen and oxygen atoms in total. The molecule has 7 heteroatoms. The molecule has 1 saturated heterocycles. The van der Waals surface area contributed by atoms with Crippen molar-refractivity contribution in [3.05, 3.63) is 42.2 Å². The molecule has 1 unspecified atom stereocenters. The average molecular weight is 354 g/mol. The second-order valence-corrected chi connectivity index (χ2v) is 6.52. The number of hydrogen-bond acceptors (Lipinski definition) is 6. The quantitative estimate of drug-likeness (QED) is 0.816. The van der Waals surface area contributed by atoms with Gasteiger partial charge in [-0.1, -0.05) is 18.2 Å². The van der Waals surface area contributed by atoms with Crippen LogP contribution in [-0.4, -0.2) is 60.2 Å². The monoisotopic (exact) mass is 354 g/mol. The highest BCUT2D eigenvalue weighted by Gasteiger charge is 2.30. The first-order valence-electron chi connectivity index (χ1n) is 8.86. The summed E-state index contributed by atoms with van der Waals surface area (Å²) in [5, 5.41) is 0. The Morgan fingerprint density at radius 1 is 1.23 bits per heavy atom. The molecule has 3 heterocycles. The van der Waals surface area contributed by atoms with Crippen molar-refractivity contribution >= 4 is 17.4 Å². The zero-order valence-corrected chi connectivity index (χ0v) is 14.8. The number of ether oxygens (including phenoxy) is 2. The van der Waals surface area contributed by atoms with Crippen LogP contribution >= 0.6 is 0 Å². The molecule has 136 valence electrons. The molecular formula is C19H22N4O3. The zero-order chi connectivity index (χ0) is 17.9. The summed E-state index contributed by atoms with van der Waals surface area (Å²) in [4.78, 5) is 24.8. The molecule has 0 radical (unpaired) electrons. The summed E-state index contributed by atoms with van der Waals surface area (Å²) in [7, 11) is 1.53. The lowest BCUT2D eigenvalue weighted by Gasteiger charge is -2.22. The van der Waals surface area contributed by atoms with Crippen LogP contribution < -0.4 is 9.64 Å². The van der Waals surface area contributed by atoms with Crippen LogP contribution in [0, 0.1) is 0 Å². The molecule has 1 aromatic heterocycles. The SMILES string of the molecule is COCC(=O)N1CCC(Oc2nccnc2N2CCc3ccccc32)C1. The fourth-order valence-electron chi connectivity index (χ4n) is 3.57. The van der Waals surface area contributed by atoms with Gasteiger partial charge in [0.05, 0.1) is 6.54 Å². The Morgan fingerprint density at radius 2 is 2.08 bits per heavy atom. The van der Waals surface area contributed by atoms with Crippen molar-refractivity contribution in [1.29, 1.82) is 0 Å². The minimum atomic E-state index is -0.0795. The molecule has 0 bridgehead atoms. The predicted molar refractivity (Wildman–Crippen MR) is 96.7 cm³/mol. The van der Waals surface area contributed by atoms with Crippen molar-refractivity contribution in [3.8, 4) is 5.88 Å². The molecule has 1 amide bonds. The third-order valence-electron chi connectivity index (χ3n) is 4.83. The Hall–Kier alpha value is -2.67. The predicted octanol–water partition coefficient (Wildman–Crippen LogP) is 1.80. The molecule has 2 aliphatic heterocycles. The minimum absolute atomic E-state index is 0.00793. The van der Waals surface area contributed by atoms with E-state index in [1.54, 1.807) is 17.3 Å². The van der Waals surface area contributed by atoms with Gasteiger partial charge in [-0.3, -0.25) is 4.79 Å². The van der Waals surface area contributed by atoms with Gasteiger partial charge in [0.15, 0.2) is 5.82 Å². The number of para-hydroxylation sites is 1. The second-order valence-electron chi connectivity index (χ2n) is 6.52. The number of carbonyl (C=O) groups excluding carboxylic acids is 1. The number of likely N-dealkylation sites (tertiary alicyclic amines) is 1. The van der Waals surface area contributed by atoms with E-state index >= 15 is 0 Å². The Morgan fingerprint density at radius 3 is 2.96 bits per heavy atom. The molecule has 2 aliphatic rings. The number of nitrogens with zero attached hydrogens (tertiary/aromatic N) is 4. The van der Waals surface area contributed by atoms with Gasteiger partial charge in [-0.25, -0.2) is 9.97 Å². The molecule has 26 heavy (non-hydrogen) atoms. The van der Waals surface area contributed by atoms with E-state index in [1.165, 1.54) is 12.7 Å². The van der Waals surface area contributed by atoms with Crippen molar-refractivity contribution in [2.24, 2.45) is 0 Å². The fraction of sp³-hybridized carbons (Fsp3) is 0.421. The van der Waals surface area contributed by atoms with Crippen LogP contribution in [0.15, 0.2) is 36.7 Å². The maximum atomic E-state index is 12.0. The van der Waals surface area contributed by atoms with Crippen molar-refractivity contribution in [2.45, 2.75) is 18.9 Å². The van der Waals surface area contributed by atoms with Crippen LogP contribution in [0.4, 0.5) is 11.5 Å². The van der Waals surface area contributed by atoms with Crippen molar-refractivity contribution in [3.63, 3.8) is 0 Å². The van der Waals surface area contributed by atoms with Crippen LogP contribution in [0.3, 0.4) is 0 Å². The average Bonchev–Trinajstić information content (AvgIpc) is 3.30. The van der Waals surface area contributed by atoms with E-state index in [0.717, 1.165) is 30.9 Å². The summed E-state index contributed by atoms with van der Waals surface area (Å²) in [6, 6.07) is 8.33. The van der Waals surface area contributed by atoms with Crippen LogP contribution in [0.25, 0.3) is 0 Å². The van der Waals surface area contributed by atoms with Crippen LogP contribution in [0.5, 0.6) is 5.88 Å². The lowest BCUT2D eigenvalue weighted by Crippen LogP contribution is -2.33. The van der Waals surface area contributed by atoms with E-state index < -0.39 is 0 Å². The van der Waals surface area contributed by atoms with Gasteiger partial charge in [0.2, 0.25) is 5.91 Å². The summed E-state index contributed by atoms with van der Waals surface area (Å²) in [5.41, 5.74) is 2.46. The van der Waals surface area contributed by atoms with Gasteiger partial charge < -0.3 is 19.3 Å². The number of carbonyl (C=O) groups is 1. The van der Waals surface area contributed by atoms with Crippen LogP contribution in [0.1, 0.15) is 12.0 Å². The first-order chi connectivity index (χ1) is 12.8. The van der Waals surface area contributed by atoms with Gasteiger partial charge in [-0.05, 0) is 18.1 Å². The highest BCUT2D eigenvalue weighted by molar-refractivity contribution is 5.77. The van der Waals surface area contributed by atoms with E-state index in [-0.39, 0.29) is 18.6 Å². The number of methoxy groups -OCH3 is 1. The molecule has 0 N–H and O–H groups in total. The van der Waals surface area contributed by atoms with Gasteiger partial charge in [0, 0.05) is 44.7 Å². The maximum absolute atomic E-state index is 12.0. The summed E-state index contributed by atoms with van der Waals surface area (Å²) < 4.78 is 11.1. The third-order valence-corrected chi connectivity index (χ3v) is 4.83. The fourth-order valence-corrected chi connectivity index (χ4v) is 3.57. The number of benzene rings is 1. The topological polar surface area (TPSA) is 67.8 Å². The smallest absolute Gasteiger partial charge is 0.258 e. The van der Waals surface area contributed by atoms with E-state index in [2.05, 4.69) is 33.1 Å². The van der Waals surface area contributed by atoms with Gasteiger partial charge in [-0.15, -0.1) is 0 Å². The Bertz CT molecular complexity index is 798. The minimum Gasteiger partial charge on any atom is -0.470 e. The first kappa shape index (κ1) is 16.8. The zero-order valence-electron chi connectivity index (χ0n) is 14.8. The van der Waals surface area contributed by atoms with Crippen LogP contribution in [-0.2, 0) is 16.0 Å². The van der Waals surface area contributed by atoms with Gasteiger partial charge >= 0.3 is 0 Å². The number of anilines is 2. The molecule has 0 spiro atoms. The number of amides is 1. The van der Waals surface area contributed by atoms with E-state index in [0.29, 0.717) is 19.0 Å². The Balaban J connectivity index is 1.50. The van der Waals surface area contributed by atoms with Gasteiger partial charge in [0.1, 0.15) is 12.7 Å². The maximum Gasteiger partial charge on any atom is 0.258 e. The van der Waals surface area contributed by atoms with Crippen molar-refractivity contribution < 1.29 is 14.3 Å². The lowest BCUT2D eigenvalue weighted by atomic mass is 10.2. The molecule has 1 aromatic carbocycles. The van der Waals surface area contributed by atoms with E-state index in [4.69, 9.17) is 9.47 Å². The van der Waals surface area contributed by atoms with E-state index in [9.17, 15) is 4.79 Å². The summed E-state index contributed by atoms with van der Waals surface area (Å²) in [6.45, 7) is 2.19. The largest absolute Gasteiger partial charge is 0.470 e. The summed E-state index contributed by atoms with van der Waals surface area (Å²) in [5.74, 6) is 1.25. The molecule has 0 aliphatic carbocycles. The highest BCUT2D eigenvalue weighted by atomic mass is 16.5. The van der Waals surface area contributed by atoms with Crippen molar-refractivity contribution in [2.75, 3.05) is 38.3 Å². The van der Waals surface area contributed by atoms with Gasteiger partial charge in [-0.2, -0.15) is 0 Å². The Kier molecular flexibility index (Phi) is 4.71. The molecular weight excluding hydrogens is 332 g/mol. The number of fused-ring (bicyclic) bond motifs is 1. The Labute approximate surface area is 152 Å². The molecule has 0 saturated carbocycles. The third kappa shape index (κ3) is 3.22. The normalized spacial score (nSPS) is 18.9. The number of rotatable bonds is 5. The highest BCUT2D eigenvalue weighted by Crippen LogP contribution is 2.37. The van der Waals surface area contributed by atoms with Gasteiger partial charge in [0.25, 0.3) is 5.88 Å². The lowest BCUT2D eigenvalue weighted by molar-refractivity contribution is -0.134. The van der Waals surface area contributed by atoms with Crippen molar-refractivity contribution in [1.82, 2.24) is 14.9 Å². The summed E-state index contributed by atoms with van der Waals surface area (Å²) in [6.07, 6.45) is 5.01.